The summed E-state index contributed by atoms with van der Waals surface area (Å²) in [4.78, 5) is 11.2. The number of carbonyl (C=O) groups excluding carboxylic acids is 1. The predicted octanol–water partition coefficient (Wildman–Crippen LogP) is 1.44. The van der Waals surface area contributed by atoms with Crippen LogP contribution < -0.4 is 5.32 Å². The topological polar surface area (TPSA) is 62.1 Å². The molecule has 0 fully saturated rings. The van der Waals surface area contributed by atoms with E-state index >= 15 is 0 Å². The predicted molar refractivity (Wildman–Crippen MR) is 64.3 cm³/mol. The molecule has 2 atom stereocenters. The van der Waals surface area contributed by atoms with Crippen LogP contribution in [0.3, 0.4) is 0 Å². The van der Waals surface area contributed by atoms with E-state index in [4.69, 9.17) is 5.26 Å². The van der Waals surface area contributed by atoms with Crippen molar-refractivity contribution < 1.29 is 9.53 Å². The van der Waals surface area contributed by atoms with Gasteiger partial charge in [0, 0.05) is 6.54 Å². The quantitative estimate of drug-likeness (QED) is 0.780. The second-order valence-electron chi connectivity index (χ2n) is 3.75. The van der Waals surface area contributed by atoms with Crippen LogP contribution in [0.2, 0.25) is 0 Å². The van der Waals surface area contributed by atoms with Crippen molar-refractivity contribution in [2.45, 2.75) is 18.9 Å². The van der Waals surface area contributed by atoms with E-state index in [0.29, 0.717) is 6.54 Å². The van der Waals surface area contributed by atoms with Gasteiger partial charge in [-0.2, -0.15) is 5.26 Å². The van der Waals surface area contributed by atoms with Gasteiger partial charge in [0.25, 0.3) is 0 Å². The summed E-state index contributed by atoms with van der Waals surface area (Å²) in [5, 5.41) is 12.1. The Bertz CT molecular complexity index is 398. The summed E-state index contributed by atoms with van der Waals surface area (Å²) in [7, 11) is 1.35. The first-order chi connectivity index (χ1) is 8.19. The molecule has 4 heteroatoms. The second-order valence-corrected chi connectivity index (χ2v) is 3.75. The third-order valence-corrected chi connectivity index (χ3v) is 2.54. The number of hydrogen-bond acceptors (Lipinski definition) is 4. The number of ether oxygens (including phenoxy) is 1. The molecule has 4 nitrogen and oxygen atoms in total. The fraction of sp³-hybridized carbons (Fsp3) is 0.385. The highest BCUT2D eigenvalue weighted by Gasteiger charge is 2.16. The van der Waals surface area contributed by atoms with E-state index in [1.54, 1.807) is 6.92 Å². The van der Waals surface area contributed by atoms with Crippen molar-refractivity contribution in [2.24, 2.45) is 0 Å². The summed E-state index contributed by atoms with van der Waals surface area (Å²) in [6.45, 7) is 2.14. The van der Waals surface area contributed by atoms with Crippen LogP contribution in [-0.2, 0) is 9.53 Å². The van der Waals surface area contributed by atoms with E-state index in [1.165, 1.54) is 7.11 Å². The average Bonchev–Trinajstić information content (AvgIpc) is 2.39. The van der Waals surface area contributed by atoms with Gasteiger partial charge in [-0.15, -0.1) is 0 Å². The molecular formula is C13H16N2O2. The van der Waals surface area contributed by atoms with Gasteiger partial charge in [0.05, 0.1) is 19.1 Å². The molecule has 17 heavy (non-hydrogen) atoms. The highest BCUT2D eigenvalue weighted by Crippen LogP contribution is 2.13. The Morgan fingerprint density at radius 2 is 2.12 bits per heavy atom. The number of nitrogens with one attached hydrogen (secondary N) is 1. The Morgan fingerprint density at radius 3 is 2.65 bits per heavy atom. The monoisotopic (exact) mass is 232 g/mol. The van der Waals surface area contributed by atoms with E-state index in [2.05, 4.69) is 16.1 Å². The van der Waals surface area contributed by atoms with E-state index in [9.17, 15) is 4.79 Å². The number of methoxy groups -OCH3 is 1. The third-order valence-electron chi connectivity index (χ3n) is 2.54. The zero-order valence-corrected chi connectivity index (χ0v) is 10.0. The third kappa shape index (κ3) is 3.89. The summed E-state index contributed by atoms with van der Waals surface area (Å²) in [5.74, 6) is -0.585. The van der Waals surface area contributed by atoms with Crippen molar-refractivity contribution in [2.75, 3.05) is 13.7 Å². The molecule has 0 aliphatic carbocycles. The molecule has 0 bridgehead atoms. The molecule has 0 saturated heterocycles. The van der Waals surface area contributed by atoms with Crippen LogP contribution in [-0.4, -0.2) is 25.7 Å². The average molecular weight is 232 g/mol. The fourth-order valence-electron chi connectivity index (χ4n) is 1.48. The van der Waals surface area contributed by atoms with Crippen LogP contribution >= 0.6 is 0 Å². The summed E-state index contributed by atoms with van der Waals surface area (Å²) < 4.78 is 4.60. The van der Waals surface area contributed by atoms with Crippen molar-refractivity contribution in [3.8, 4) is 6.07 Å². The Labute approximate surface area is 101 Å². The molecule has 0 aliphatic heterocycles. The lowest BCUT2D eigenvalue weighted by Gasteiger charge is -2.14. The molecule has 1 N–H and O–H groups in total. The lowest BCUT2D eigenvalue weighted by Crippen LogP contribution is -2.37. The van der Waals surface area contributed by atoms with Gasteiger partial charge in [-0.25, -0.2) is 0 Å². The maximum absolute atomic E-state index is 11.2. The first-order valence-corrected chi connectivity index (χ1v) is 5.44. The Kier molecular flexibility index (Phi) is 5.18. The van der Waals surface area contributed by atoms with E-state index in [0.717, 1.165) is 5.56 Å². The van der Waals surface area contributed by atoms with Crippen LogP contribution in [0, 0.1) is 11.3 Å². The van der Waals surface area contributed by atoms with Crippen molar-refractivity contribution in [1.29, 1.82) is 5.26 Å². The molecule has 0 saturated carbocycles. The van der Waals surface area contributed by atoms with E-state index in [-0.39, 0.29) is 11.9 Å². The lowest BCUT2D eigenvalue weighted by atomic mass is 10.0. The van der Waals surface area contributed by atoms with Crippen molar-refractivity contribution >= 4 is 5.97 Å². The first kappa shape index (κ1) is 13.2. The first-order valence-electron chi connectivity index (χ1n) is 5.44. The SMILES string of the molecule is COC(=O)C(C)NCC(C#N)c1ccccc1. The van der Waals surface area contributed by atoms with Crippen molar-refractivity contribution in [3.63, 3.8) is 0 Å². The van der Waals surface area contributed by atoms with Crippen molar-refractivity contribution in [1.82, 2.24) is 5.32 Å². The van der Waals surface area contributed by atoms with Crippen LogP contribution in [0.4, 0.5) is 0 Å². The molecule has 0 spiro atoms. The molecule has 90 valence electrons. The van der Waals surface area contributed by atoms with Gasteiger partial charge in [0.15, 0.2) is 0 Å². The smallest absolute Gasteiger partial charge is 0.322 e. The fourth-order valence-corrected chi connectivity index (χ4v) is 1.48. The van der Waals surface area contributed by atoms with E-state index < -0.39 is 6.04 Å². The highest BCUT2D eigenvalue weighted by molar-refractivity contribution is 5.75. The number of carbonyl (C=O) groups is 1. The highest BCUT2D eigenvalue weighted by atomic mass is 16.5. The van der Waals surface area contributed by atoms with Gasteiger partial charge in [-0.05, 0) is 12.5 Å². The molecule has 0 amide bonds. The van der Waals surface area contributed by atoms with Gasteiger partial charge < -0.3 is 10.1 Å². The minimum atomic E-state index is -0.403. The Balaban J connectivity index is 2.55. The number of benzene rings is 1. The molecule has 2 unspecified atom stereocenters. The number of hydrogen-bond donors (Lipinski definition) is 1. The van der Waals surface area contributed by atoms with Gasteiger partial charge >= 0.3 is 5.97 Å². The van der Waals surface area contributed by atoms with E-state index in [1.807, 2.05) is 30.3 Å². The Morgan fingerprint density at radius 1 is 1.47 bits per heavy atom. The van der Waals surface area contributed by atoms with Gasteiger partial charge in [0.2, 0.25) is 0 Å². The maximum Gasteiger partial charge on any atom is 0.322 e. The molecule has 1 aromatic rings. The molecule has 0 radical (unpaired) electrons. The summed E-state index contributed by atoms with van der Waals surface area (Å²) in [6.07, 6.45) is 0. The maximum atomic E-state index is 11.2. The van der Waals surface area contributed by atoms with Crippen LogP contribution in [0.15, 0.2) is 30.3 Å². The molecule has 0 aromatic heterocycles. The minimum Gasteiger partial charge on any atom is -0.468 e. The zero-order chi connectivity index (χ0) is 12.7. The van der Waals surface area contributed by atoms with Gasteiger partial charge in [-0.3, -0.25) is 4.79 Å². The largest absolute Gasteiger partial charge is 0.468 e. The molecule has 0 heterocycles. The van der Waals surface area contributed by atoms with Crippen LogP contribution in [0.1, 0.15) is 18.4 Å². The van der Waals surface area contributed by atoms with Crippen molar-refractivity contribution in [3.05, 3.63) is 35.9 Å². The molecule has 0 aliphatic rings. The second kappa shape index (κ2) is 6.66. The molecule has 1 aromatic carbocycles. The molecule has 1 rings (SSSR count). The Hall–Kier alpha value is -1.86. The number of rotatable bonds is 5. The lowest BCUT2D eigenvalue weighted by molar-refractivity contribution is -0.142. The normalized spacial score (nSPS) is 13.5. The standard InChI is InChI=1S/C13H16N2O2/c1-10(13(16)17-2)15-9-12(8-14)11-6-4-3-5-7-11/h3-7,10,12,15H,9H2,1-2H3. The van der Waals surface area contributed by atoms with Gasteiger partial charge in [0.1, 0.15) is 6.04 Å². The molecular weight excluding hydrogens is 216 g/mol. The minimum absolute atomic E-state index is 0.261. The number of nitrogens with zero attached hydrogens (tertiary/aromatic N) is 1. The van der Waals surface area contributed by atoms with Crippen LogP contribution in [0.25, 0.3) is 0 Å². The number of esters is 1. The summed E-state index contributed by atoms with van der Waals surface area (Å²) >= 11 is 0. The zero-order valence-electron chi connectivity index (χ0n) is 10.0. The number of nitriles is 1. The summed E-state index contributed by atoms with van der Waals surface area (Å²) in [5.41, 5.74) is 0.944. The van der Waals surface area contributed by atoms with Crippen LogP contribution in [0.5, 0.6) is 0 Å². The summed E-state index contributed by atoms with van der Waals surface area (Å²) in [6, 6.07) is 11.3. The van der Waals surface area contributed by atoms with Gasteiger partial charge in [-0.1, -0.05) is 30.3 Å².